The van der Waals surface area contributed by atoms with Gasteiger partial charge in [0.25, 0.3) is 0 Å². The van der Waals surface area contributed by atoms with Crippen LogP contribution in [0.3, 0.4) is 0 Å². The molecule has 0 aromatic carbocycles. The van der Waals surface area contributed by atoms with E-state index in [0.717, 1.165) is 61.9 Å². The lowest BCUT2D eigenvalue weighted by atomic mass is 10.0. The Morgan fingerprint density at radius 3 is 3.00 bits per heavy atom. The molecule has 2 aromatic heterocycles. The molecule has 0 spiro atoms. The average molecular weight is 344 g/mol. The monoisotopic (exact) mass is 344 g/mol. The highest BCUT2D eigenvalue weighted by Gasteiger charge is 2.45. The first kappa shape index (κ1) is 13.0. The van der Waals surface area contributed by atoms with Gasteiger partial charge in [-0.25, -0.2) is 4.98 Å². The van der Waals surface area contributed by atoms with Crippen LogP contribution >= 0.6 is 0 Å². The van der Waals surface area contributed by atoms with E-state index in [2.05, 4.69) is 29.8 Å². The molecule has 1 saturated heterocycles. The molecule has 0 N–H and O–H groups in total. The standard InChI is InChI=1S/C18H23N5O2/c1-24-22-15-3-8-23(9-4-15)12-18(5-6-18)13-25-17-20-11-14-10-19-7-2-16(14)21-17/h2,7,10-11H,3-6,8-9,12-13H2,1H3/i1D3. The number of piperidine rings is 1. The molecule has 4 rings (SSSR count). The molecule has 2 fully saturated rings. The Morgan fingerprint density at radius 2 is 2.20 bits per heavy atom. The molecule has 1 saturated carbocycles. The summed E-state index contributed by atoms with van der Waals surface area (Å²) in [6.07, 6.45) is 8.89. The Labute approximate surface area is 151 Å². The van der Waals surface area contributed by atoms with E-state index in [1.165, 1.54) is 0 Å². The molecule has 2 aliphatic rings. The Balaban J connectivity index is 1.27. The molecule has 3 heterocycles. The number of ether oxygens (including phenoxy) is 1. The van der Waals surface area contributed by atoms with Crippen LogP contribution in [0.2, 0.25) is 0 Å². The van der Waals surface area contributed by atoms with Gasteiger partial charge < -0.3 is 14.5 Å². The molecule has 1 aliphatic carbocycles. The second-order valence-corrected chi connectivity index (χ2v) is 6.90. The number of oxime groups is 1. The lowest BCUT2D eigenvalue weighted by Gasteiger charge is -2.30. The Morgan fingerprint density at radius 1 is 1.32 bits per heavy atom. The molecule has 0 bridgehead atoms. The number of aromatic nitrogens is 3. The van der Waals surface area contributed by atoms with Crippen molar-refractivity contribution in [1.29, 1.82) is 0 Å². The summed E-state index contributed by atoms with van der Waals surface area (Å²) in [7, 11) is -2.47. The highest BCUT2D eigenvalue weighted by atomic mass is 16.6. The first-order valence-corrected chi connectivity index (χ1v) is 8.57. The summed E-state index contributed by atoms with van der Waals surface area (Å²) in [5.41, 5.74) is 1.79. The second-order valence-electron chi connectivity index (χ2n) is 6.90. The predicted molar refractivity (Wildman–Crippen MR) is 94.6 cm³/mol. The summed E-state index contributed by atoms with van der Waals surface area (Å²) in [5.74, 6) is 0. The average Bonchev–Trinajstić information content (AvgIpc) is 3.45. The van der Waals surface area contributed by atoms with E-state index < -0.39 is 7.04 Å². The molecule has 7 heteroatoms. The Kier molecular flexibility index (Phi) is 3.59. The number of fused-ring (bicyclic) bond motifs is 1. The van der Waals surface area contributed by atoms with Gasteiger partial charge in [0.05, 0.1) is 21.9 Å². The third kappa shape index (κ3) is 3.87. The molecule has 0 unspecified atom stereocenters. The van der Waals surface area contributed by atoms with Crippen LogP contribution < -0.4 is 4.74 Å². The largest absolute Gasteiger partial charge is 0.463 e. The molecule has 132 valence electrons. The molecule has 1 aliphatic heterocycles. The van der Waals surface area contributed by atoms with Crippen molar-refractivity contribution in [3.8, 4) is 6.01 Å². The molecule has 0 radical (unpaired) electrons. The van der Waals surface area contributed by atoms with E-state index in [1.54, 1.807) is 18.6 Å². The van der Waals surface area contributed by atoms with Gasteiger partial charge in [0.15, 0.2) is 0 Å². The third-order valence-electron chi connectivity index (χ3n) is 4.99. The van der Waals surface area contributed by atoms with Gasteiger partial charge in [0, 0.05) is 61.9 Å². The summed E-state index contributed by atoms with van der Waals surface area (Å²) in [6.45, 7) is 3.26. The Bertz CT molecular complexity index is 860. The van der Waals surface area contributed by atoms with Crippen molar-refractivity contribution >= 4 is 16.6 Å². The van der Waals surface area contributed by atoms with Crippen molar-refractivity contribution in [1.82, 2.24) is 19.9 Å². The molecule has 2 aromatic rings. The predicted octanol–water partition coefficient (Wildman–Crippen LogP) is 2.28. The normalized spacial score (nSPS) is 21.9. The van der Waals surface area contributed by atoms with Crippen molar-refractivity contribution < 1.29 is 13.7 Å². The summed E-state index contributed by atoms with van der Waals surface area (Å²) in [4.78, 5) is 19.7. The zero-order valence-corrected chi connectivity index (χ0v) is 14.0. The van der Waals surface area contributed by atoms with Gasteiger partial charge in [-0.2, -0.15) is 4.98 Å². The van der Waals surface area contributed by atoms with E-state index in [4.69, 9.17) is 8.85 Å². The van der Waals surface area contributed by atoms with Crippen LogP contribution in [0.4, 0.5) is 0 Å². The number of pyridine rings is 1. The van der Waals surface area contributed by atoms with Crippen LogP contribution in [0.1, 0.15) is 29.8 Å². The highest BCUT2D eigenvalue weighted by molar-refractivity contribution is 5.84. The minimum atomic E-state index is -2.47. The minimum absolute atomic E-state index is 0.153. The van der Waals surface area contributed by atoms with Gasteiger partial charge in [-0.3, -0.25) is 4.98 Å². The van der Waals surface area contributed by atoms with Crippen LogP contribution in [0, 0.1) is 5.41 Å². The van der Waals surface area contributed by atoms with E-state index in [1.807, 2.05) is 6.07 Å². The number of hydrogen-bond acceptors (Lipinski definition) is 7. The molecular formula is C18H23N5O2. The highest BCUT2D eigenvalue weighted by Crippen LogP contribution is 2.46. The van der Waals surface area contributed by atoms with Gasteiger partial charge >= 0.3 is 6.01 Å². The lowest BCUT2D eigenvalue weighted by molar-refractivity contribution is 0.151. The van der Waals surface area contributed by atoms with Crippen molar-refractivity contribution in [2.24, 2.45) is 10.6 Å². The molecular weight excluding hydrogens is 318 g/mol. The number of likely N-dealkylation sites (tertiary alicyclic amines) is 1. The number of hydrogen-bond donors (Lipinski definition) is 0. The number of nitrogens with zero attached hydrogens (tertiary/aromatic N) is 5. The quantitative estimate of drug-likeness (QED) is 0.749. The van der Waals surface area contributed by atoms with E-state index in [-0.39, 0.29) is 5.41 Å². The van der Waals surface area contributed by atoms with Crippen LogP contribution in [-0.2, 0) is 4.84 Å². The van der Waals surface area contributed by atoms with Crippen molar-refractivity contribution in [2.75, 3.05) is 33.3 Å². The smallest absolute Gasteiger partial charge is 0.316 e. The van der Waals surface area contributed by atoms with E-state index in [0.29, 0.717) is 12.6 Å². The lowest BCUT2D eigenvalue weighted by Crippen LogP contribution is -2.39. The van der Waals surface area contributed by atoms with Crippen LogP contribution in [0.15, 0.2) is 29.8 Å². The fourth-order valence-corrected chi connectivity index (χ4v) is 3.27. The summed E-state index contributed by atoms with van der Waals surface area (Å²) in [6, 6.07) is 2.25. The first-order chi connectivity index (χ1) is 13.4. The van der Waals surface area contributed by atoms with Crippen molar-refractivity contribution in [3.05, 3.63) is 24.7 Å². The second kappa shape index (κ2) is 6.92. The molecule has 0 atom stereocenters. The summed E-state index contributed by atoms with van der Waals surface area (Å²) in [5, 5.41) is 4.68. The summed E-state index contributed by atoms with van der Waals surface area (Å²) >= 11 is 0. The van der Waals surface area contributed by atoms with E-state index in [9.17, 15) is 0 Å². The zero-order valence-electron chi connectivity index (χ0n) is 17.0. The van der Waals surface area contributed by atoms with Crippen LogP contribution in [0.25, 0.3) is 10.9 Å². The SMILES string of the molecule is [2H]C([2H])([2H])ON=C1CCN(CC2(COc3ncc4cnccc4n3)CC2)CC1. The maximum Gasteiger partial charge on any atom is 0.316 e. The topological polar surface area (TPSA) is 72.7 Å². The van der Waals surface area contributed by atoms with Gasteiger partial charge in [-0.15, -0.1) is 0 Å². The fraction of sp³-hybridized carbons (Fsp3) is 0.556. The van der Waals surface area contributed by atoms with Crippen molar-refractivity contribution in [3.63, 3.8) is 0 Å². The van der Waals surface area contributed by atoms with Gasteiger partial charge in [-0.05, 0) is 18.9 Å². The van der Waals surface area contributed by atoms with Crippen LogP contribution in [0.5, 0.6) is 6.01 Å². The van der Waals surface area contributed by atoms with Crippen LogP contribution in [-0.4, -0.2) is 58.8 Å². The minimum Gasteiger partial charge on any atom is -0.463 e. The molecule has 7 nitrogen and oxygen atoms in total. The fourth-order valence-electron chi connectivity index (χ4n) is 3.27. The van der Waals surface area contributed by atoms with Gasteiger partial charge in [-0.1, -0.05) is 5.16 Å². The van der Waals surface area contributed by atoms with Crippen molar-refractivity contribution in [2.45, 2.75) is 25.7 Å². The maximum absolute atomic E-state index is 7.04. The Hall–Kier alpha value is -2.28. The first-order valence-electron chi connectivity index (χ1n) is 10.1. The maximum atomic E-state index is 7.04. The van der Waals surface area contributed by atoms with Gasteiger partial charge in [0.1, 0.15) is 7.04 Å². The van der Waals surface area contributed by atoms with Gasteiger partial charge in [0.2, 0.25) is 0 Å². The molecule has 25 heavy (non-hydrogen) atoms. The summed E-state index contributed by atoms with van der Waals surface area (Å²) < 4.78 is 27.0. The zero-order chi connectivity index (χ0) is 19.6. The van der Waals surface area contributed by atoms with E-state index >= 15 is 0 Å². The number of rotatable bonds is 6. The third-order valence-corrected chi connectivity index (χ3v) is 4.99. The molecule has 0 amide bonds.